The predicted octanol–water partition coefficient (Wildman–Crippen LogP) is 4.23. The second kappa shape index (κ2) is 12.0. The highest BCUT2D eigenvalue weighted by Crippen LogP contribution is 2.31. The van der Waals surface area contributed by atoms with Gasteiger partial charge in [-0.25, -0.2) is 0 Å². The van der Waals surface area contributed by atoms with Crippen molar-refractivity contribution in [3.8, 4) is 5.75 Å². The van der Waals surface area contributed by atoms with E-state index in [-0.39, 0.29) is 35.9 Å². The number of fused-ring (bicyclic) bond motifs is 1. The van der Waals surface area contributed by atoms with Gasteiger partial charge in [0.15, 0.2) is 17.3 Å². The van der Waals surface area contributed by atoms with E-state index in [0.717, 1.165) is 29.0 Å². The molecule has 1 aromatic heterocycles. The van der Waals surface area contributed by atoms with Crippen LogP contribution < -0.4 is 20.7 Å². The number of hydrogen-bond acceptors (Lipinski definition) is 4. The summed E-state index contributed by atoms with van der Waals surface area (Å²) in [6.45, 7) is 13.9. The molecule has 1 atom stereocenters. The number of rotatable bonds is 9. The fourth-order valence-corrected chi connectivity index (χ4v) is 2.88. The number of amides is 1. The summed E-state index contributed by atoms with van der Waals surface area (Å²) < 4.78 is 11.7. The Hall–Kier alpha value is -1.97. The molecule has 1 amide bonds. The molecule has 2 aromatic rings. The van der Waals surface area contributed by atoms with Crippen LogP contribution in [0.25, 0.3) is 11.0 Å². The Morgan fingerprint density at radius 2 is 1.90 bits per heavy atom. The van der Waals surface area contributed by atoms with Crippen LogP contribution >= 0.6 is 24.0 Å². The van der Waals surface area contributed by atoms with Gasteiger partial charge in [0.25, 0.3) is 0 Å². The summed E-state index contributed by atoms with van der Waals surface area (Å²) in [6, 6.07) is 7.78. The van der Waals surface area contributed by atoms with Crippen LogP contribution in [-0.2, 0) is 4.79 Å². The first-order valence-corrected chi connectivity index (χ1v) is 10.3. The predicted molar refractivity (Wildman–Crippen MR) is 133 cm³/mol. The summed E-state index contributed by atoms with van der Waals surface area (Å²) in [7, 11) is 0. The molecule has 0 aliphatic carbocycles. The minimum absolute atomic E-state index is 0. The lowest BCUT2D eigenvalue weighted by Crippen LogP contribution is -2.42. The molecule has 0 spiro atoms. The van der Waals surface area contributed by atoms with Crippen molar-refractivity contribution in [3.63, 3.8) is 0 Å². The lowest BCUT2D eigenvalue weighted by atomic mass is 9.92. The number of nitrogens with zero attached hydrogens (tertiary/aromatic N) is 1. The fourth-order valence-electron chi connectivity index (χ4n) is 2.88. The molecule has 0 radical (unpaired) electrons. The Morgan fingerprint density at radius 1 is 1.20 bits per heavy atom. The number of nitrogens with one attached hydrogen (secondary N) is 3. The van der Waals surface area contributed by atoms with Gasteiger partial charge < -0.3 is 25.1 Å². The highest BCUT2D eigenvalue weighted by molar-refractivity contribution is 14.0. The molecular weight excluding hydrogens is 495 g/mol. The van der Waals surface area contributed by atoms with Gasteiger partial charge in [-0.3, -0.25) is 9.79 Å². The van der Waals surface area contributed by atoms with E-state index in [1.54, 1.807) is 0 Å². The number of carbonyl (C=O) groups is 1. The molecule has 0 bridgehead atoms. The molecule has 7 nitrogen and oxygen atoms in total. The summed E-state index contributed by atoms with van der Waals surface area (Å²) in [6.07, 6.45) is 0. The summed E-state index contributed by atoms with van der Waals surface area (Å²) >= 11 is 0. The lowest BCUT2D eigenvalue weighted by Gasteiger charge is -2.22. The van der Waals surface area contributed by atoms with E-state index >= 15 is 0 Å². The molecule has 0 aliphatic heterocycles. The van der Waals surface area contributed by atoms with Gasteiger partial charge in [0.2, 0.25) is 5.91 Å². The van der Waals surface area contributed by atoms with E-state index in [1.807, 2.05) is 65.8 Å². The number of guanidine groups is 1. The van der Waals surface area contributed by atoms with Crippen LogP contribution in [0, 0.1) is 5.41 Å². The first kappa shape index (κ1) is 26.1. The van der Waals surface area contributed by atoms with Gasteiger partial charge >= 0.3 is 0 Å². The van der Waals surface area contributed by atoms with Crippen LogP contribution in [0.2, 0.25) is 0 Å². The van der Waals surface area contributed by atoms with Crippen molar-refractivity contribution < 1.29 is 13.9 Å². The highest BCUT2D eigenvalue weighted by atomic mass is 127. The smallest absolute Gasteiger partial charge is 0.227 e. The van der Waals surface area contributed by atoms with Crippen LogP contribution in [0.5, 0.6) is 5.75 Å². The quantitative estimate of drug-likeness (QED) is 0.257. The van der Waals surface area contributed by atoms with Gasteiger partial charge in [-0.1, -0.05) is 12.1 Å². The molecule has 3 N–H and O–H groups in total. The van der Waals surface area contributed by atoms with Crippen molar-refractivity contribution in [2.45, 2.75) is 47.6 Å². The zero-order valence-corrected chi connectivity index (χ0v) is 21.1. The van der Waals surface area contributed by atoms with Crippen molar-refractivity contribution in [2.24, 2.45) is 10.4 Å². The number of ether oxygens (including phenoxy) is 1. The lowest BCUT2D eigenvalue weighted by molar-refractivity contribution is -0.128. The Morgan fingerprint density at radius 3 is 2.53 bits per heavy atom. The molecule has 0 aliphatic rings. The van der Waals surface area contributed by atoms with E-state index in [0.29, 0.717) is 25.7 Å². The maximum atomic E-state index is 12.2. The average Bonchev–Trinajstić information content (AvgIpc) is 3.12. The third-order valence-corrected chi connectivity index (χ3v) is 4.54. The zero-order valence-electron chi connectivity index (χ0n) is 18.8. The second-order valence-electron chi connectivity index (χ2n) is 7.56. The van der Waals surface area contributed by atoms with Crippen molar-refractivity contribution in [3.05, 3.63) is 30.0 Å². The number of para-hydroxylation sites is 1. The molecule has 168 valence electrons. The first-order chi connectivity index (χ1) is 13.8. The number of benzene rings is 1. The van der Waals surface area contributed by atoms with Gasteiger partial charge in [-0.2, -0.15) is 0 Å². The third kappa shape index (κ3) is 6.78. The molecule has 2 rings (SSSR count). The fraction of sp³-hybridized carbons (Fsp3) is 0.545. The summed E-state index contributed by atoms with van der Waals surface area (Å²) in [5.74, 6) is 2.17. The monoisotopic (exact) mass is 530 g/mol. The van der Waals surface area contributed by atoms with Crippen LogP contribution in [-0.4, -0.2) is 38.1 Å². The van der Waals surface area contributed by atoms with Gasteiger partial charge in [-0.05, 0) is 53.7 Å². The number of halogens is 1. The van der Waals surface area contributed by atoms with Crippen LogP contribution in [0.1, 0.15) is 53.3 Å². The second-order valence-corrected chi connectivity index (χ2v) is 7.56. The molecule has 0 saturated carbocycles. The Kier molecular flexibility index (Phi) is 10.4. The number of aliphatic imine (C=N–C) groups is 1. The van der Waals surface area contributed by atoms with E-state index in [4.69, 9.17) is 9.15 Å². The summed E-state index contributed by atoms with van der Waals surface area (Å²) in [5, 5.41) is 10.5. The van der Waals surface area contributed by atoms with Crippen LogP contribution in [0.3, 0.4) is 0 Å². The van der Waals surface area contributed by atoms with Gasteiger partial charge in [0.05, 0.1) is 24.6 Å². The van der Waals surface area contributed by atoms with E-state index < -0.39 is 5.41 Å². The minimum atomic E-state index is -0.590. The van der Waals surface area contributed by atoms with Crippen molar-refractivity contribution in [2.75, 3.05) is 26.2 Å². The van der Waals surface area contributed by atoms with Gasteiger partial charge in [0, 0.05) is 18.5 Å². The maximum absolute atomic E-state index is 12.2. The number of hydrogen-bond donors (Lipinski definition) is 3. The number of furan rings is 1. The topological polar surface area (TPSA) is 87.9 Å². The SMILES string of the molecule is CCNC(=O)C(C)(C)CN=C(NCC)NC(C)c1cc2cccc(OCC)c2o1.I. The van der Waals surface area contributed by atoms with Crippen molar-refractivity contribution >= 4 is 46.8 Å². The van der Waals surface area contributed by atoms with Gasteiger partial charge in [0.1, 0.15) is 5.76 Å². The van der Waals surface area contributed by atoms with E-state index in [9.17, 15) is 4.79 Å². The Balaban J connectivity index is 0.00000450. The van der Waals surface area contributed by atoms with E-state index in [1.165, 1.54) is 0 Å². The molecule has 0 fully saturated rings. The molecule has 30 heavy (non-hydrogen) atoms. The molecule has 1 unspecified atom stereocenters. The maximum Gasteiger partial charge on any atom is 0.227 e. The largest absolute Gasteiger partial charge is 0.490 e. The average molecular weight is 530 g/mol. The minimum Gasteiger partial charge on any atom is -0.490 e. The number of carbonyl (C=O) groups excluding carboxylic acids is 1. The van der Waals surface area contributed by atoms with Gasteiger partial charge in [-0.15, -0.1) is 24.0 Å². The summed E-state index contributed by atoms with van der Waals surface area (Å²) in [5.41, 5.74) is 0.158. The molecular formula is C22H35IN4O3. The van der Waals surface area contributed by atoms with Crippen molar-refractivity contribution in [1.82, 2.24) is 16.0 Å². The zero-order chi connectivity index (χ0) is 21.4. The Bertz CT molecular complexity index is 848. The molecule has 1 heterocycles. The van der Waals surface area contributed by atoms with Crippen LogP contribution in [0.4, 0.5) is 0 Å². The standard InChI is InChI=1S/C22H34N4O3.HI/c1-7-23-20(27)22(5,6)14-25-21(24-8-2)26-15(4)18-13-16-11-10-12-17(28-9-3)19(16)29-18;/h10-13,15H,7-9,14H2,1-6H3,(H,23,27)(H2,24,25,26);1H. The molecule has 0 saturated heterocycles. The first-order valence-electron chi connectivity index (χ1n) is 10.3. The normalized spacial score (nSPS) is 12.8. The third-order valence-electron chi connectivity index (χ3n) is 4.54. The summed E-state index contributed by atoms with van der Waals surface area (Å²) in [4.78, 5) is 16.8. The van der Waals surface area contributed by atoms with Crippen LogP contribution in [0.15, 0.2) is 33.7 Å². The molecule has 1 aromatic carbocycles. The highest BCUT2D eigenvalue weighted by Gasteiger charge is 2.27. The molecule has 8 heteroatoms. The van der Waals surface area contributed by atoms with E-state index in [2.05, 4.69) is 20.9 Å². The van der Waals surface area contributed by atoms with Crippen molar-refractivity contribution in [1.29, 1.82) is 0 Å². The Labute approximate surface area is 196 Å².